The first-order valence-electron chi connectivity index (χ1n) is 11.8. The molecule has 0 saturated carbocycles. The van der Waals surface area contributed by atoms with E-state index in [0.29, 0.717) is 0 Å². The van der Waals surface area contributed by atoms with Gasteiger partial charge in [0.2, 0.25) is 5.69 Å². The summed E-state index contributed by atoms with van der Waals surface area (Å²) in [4.78, 5) is 2.34. The van der Waals surface area contributed by atoms with Gasteiger partial charge in [-0.2, -0.15) is 4.58 Å². The maximum Gasteiger partial charge on any atom is 0.209 e. The molecule has 170 valence electrons. The van der Waals surface area contributed by atoms with Crippen LogP contribution in [0.3, 0.4) is 0 Å². The second-order valence-electron chi connectivity index (χ2n) is 10.1. The Kier molecular flexibility index (Phi) is 5.82. The molecule has 4 rings (SSSR count). The lowest BCUT2D eigenvalue weighted by Gasteiger charge is -2.27. The van der Waals surface area contributed by atoms with E-state index in [0.717, 1.165) is 12.8 Å². The zero-order valence-corrected chi connectivity index (χ0v) is 21.1. The third kappa shape index (κ3) is 3.53. The van der Waals surface area contributed by atoms with E-state index < -0.39 is 0 Å². The highest BCUT2D eigenvalue weighted by atomic mass is 15.2. The van der Waals surface area contributed by atoms with Crippen LogP contribution in [-0.2, 0) is 10.8 Å². The number of allylic oxidation sites excluding steroid dienone is 6. The Balaban J connectivity index is 1.77. The van der Waals surface area contributed by atoms with Gasteiger partial charge in [0.05, 0.1) is 5.41 Å². The van der Waals surface area contributed by atoms with Crippen LogP contribution >= 0.6 is 0 Å². The number of rotatable bonds is 6. The number of nitrogens with zero attached hydrogens (tertiary/aromatic N) is 2. The van der Waals surface area contributed by atoms with Gasteiger partial charge >= 0.3 is 0 Å². The lowest BCUT2D eigenvalue weighted by molar-refractivity contribution is -0.401. The molecule has 2 aliphatic heterocycles. The molecule has 2 aromatic rings. The number of fused-ring (bicyclic) bond motifs is 2. The molecule has 0 spiro atoms. The molecular formula is C31H37N2+. The van der Waals surface area contributed by atoms with Crippen molar-refractivity contribution < 1.29 is 4.58 Å². The van der Waals surface area contributed by atoms with Gasteiger partial charge in [-0.3, -0.25) is 0 Å². The fourth-order valence-electron chi connectivity index (χ4n) is 5.87. The largest absolute Gasteiger partial charge is 0.347 e. The van der Waals surface area contributed by atoms with Gasteiger partial charge in [0.1, 0.15) is 7.05 Å². The highest BCUT2D eigenvalue weighted by molar-refractivity contribution is 6.03. The smallest absolute Gasteiger partial charge is 0.209 e. The molecule has 0 amide bonds. The molecule has 33 heavy (non-hydrogen) atoms. The molecule has 0 N–H and O–H groups in total. The molecule has 2 heteroatoms. The number of anilines is 1. The zero-order chi connectivity index (χ0) is 24.0. The highest BCUT2D eigenvalue weighted by Crippen LogP contribution is 2.49. The summed E-state index contributed by atoms with van der Waals surface area (Å²) in [6.45, 7) is 17.1. The molecule has 2 aromatic carbocycles. The van der Waals surface area contributed by atoms with Crippen LogP contribution in [0, 0.1) is 13.8 Å². The predicted molar refractivity (Wildman–Crippen MR) is 143 cm³/mol. The van der Waals surface area contributed by atoms with Crippen LogP contribution in [0.1, 0.15) is 48.9 Å². The number of benzene rings is 2. The van der Waals surface area contributed by atoms with Gasteiger partial charge in [0, 0.05) is 41.6 Å². The van der Waals surface area contributed by atoms with E-state index in [1.165, 1.54) is 45.0 Å². The lowest BCUT2D eigenvalue weighted by atomic mass is 9.76. The molecule has 2 atom stereocenters. The summed E-state index contributed by atoms with van der Waals surface area (Å²) < 4.78 is 2.34. The van der Waals surface area contributed by atoms with E-state index >= 15 is 0 Å². The van der Waals surface area contributed by atoms with Crippen molar-refractivity contribution in [3.8, 4) is 0 Å². The summed E-state index contributed by atoms with van der Waals surface area (Å²) in [6, 6.07) is 13.6. The van der Waals surface area contributed by atoms with Crippen molar-refractivity contribution >= 4 is 17.1 Å². The monoisotopic (exact) mass is 437 g/mol. The van der Waals surface area contributed by atoms with Crippen molar-refractivity contribution in [2.24, 2.45) is 0 Å². The van der Waals surface area contributed by atoms with Crippen LogP contribution in [0.5, 0.6) is 0 Å². The van der Waals surface area contributed by atoms with Crippen LogP contribution in [0.2, 0.25) is 0 Å². The summed E-state index contributed by atoms with van der Waals surface area (Å²) in [7, 11) is 4.36. The van der Waals surface area contributed by atoms with Crippen molar-refractivity contribution in [3.63, 3.8) is 0 Å². The van der Waals surface area contributed by atoms with Crippen molar-refractivity contribution in [1.82, 2.24) is 0 Å². The van der Waals surface area contributed by atoms with E-state index in [4.69, 9.17) is 0 Å². The Bertz CT molecular complexity index is 1230. The van der Waals surface area contributed by atoms with Crippen LogP contribution in [-0.4, -0.2) is 24.4 Å². The van der Waals surface area contributed by atoms with Crippen LogP contribution in [0.15, 0.2) is 85.6 Å². The fourth-order valence-corrected chi connectivity index (χ4v) is 5.87. The number of likely N-dealkylation sites (N-methyl/N-ethyl adjacent to an activating group) is 1. The summed E-state index contributed by atoms with van der Waals surface area (Å²) in [6.07, 6.45) is 12.7. The minimum atomic E-state index is -0.0844. The van der Waals surface area contributed by atoms with E-state index in [1.54, 1.807) is 0 Å². The molecule has 0 aromatic heterocycles. The Hall–Kier alpha value is -3.13. The number of hydrogen-bond donors (Lipinski definition) is 0. The molecule has 0 aliphatic carbocycles. The first-order chi connectivity index (χ1) is 15.7. The van der Waals surface area contributed by atoms with Crippen molar-refractivity contribution in [2.75, 3.05) is 19.0 Å². The van der Waals surface area contributed by atoms with Gasteiger partial charge in [0.25, 0.3) is 0 Å². The van der Waals surface area contributed by atoms with Crippen LogP contribution in [0.25, 0.3) is 0 Å². The average molecular weight is 438 g/mol. The first kappa shape index (κ1) is 23.0. The van der Waals surface area contributed by atoms with Crippen LogP contribution < -0.4 is 4.90 Å². The maximum absolute atomic E-state index is 4.06. The topological polar surface area (TPSA) is 6.25 Å². The predicted octanol–water partition coefficient (Wildman–Crippen LogP) is 7.29. The lowest BCUT2D eigenvalue weighted by Crippen LogP contribution is -2.30. The summed E-state index contributed by atoms with van der Waals surface area (Å²) >= 11 is 0. The first-order valence-corrected chi connectivity index (χ1v) is 11.8. The highest BCUT2D eigenvalue weighted by Gasteiger charge is 2.46. The van der Waals surface area contributed by atoms with Gasteiger partial charge in [-0.25, -0.2) is 0 Å². The quantitative estimate of drug-likeness (QED) is 0.340. The van der Waals surface area contributed by atoms with Crippen LogP contribution in [0.4, 0.5) is 11.4 Å². The maximum atomic E-state index is 4.06. The zero-order valence-electron chi connectivity index (χ0n) is 21.1. The minimum Gasteiger partial charge on any atom is -0.347 e. The molecule has 2 unspecified atom stereocenters. The van der Waals surface area contributed by atoms with Gasteiger partial charge in [-0.15, -0.1) is 13.2 Å². The van der Waals surface area contributed by atoms with E-state index in [1.807, 2.05) is 12.2 Å². The second kappa shape index (κ2) is 8.33. The Morgan fingerprint density at radius 1 is 0.909 bits per heavy atom. The third-order valence-electron chi connectivity index (χ3n) is 7.68. The molecular weight excluding hydrogens is 400 g/mol. The van der Waals surface area contributed by atoms with Crippen molar-refractivity contribution in [3.05, 3.63) is 108 Å². The Morgan fingerprint density at radius 2 is 1.52 bits per heavy atom. The molecule has 2 heterocycles. The van der Waals surface area contributed by atoms with E-state index in [-0.39, 0.29) is 10.8 Å². The molecule has 0 saturated heterocycles. The van der Waals surface area contributed by atoms with Gasteiger partial charge in [0.15, 0.2) is 5.71 Å². The van der Waals surface area contributed by atoms with Crippen molar-refractivity contribution in [2.45, 2.75) is 51.4 Å². The Labute approximate surface area is 200 Å². The summed E-state index contributed by atoms with van der Waals surface area (Å²) in [5.74, 6) is 0. The third-order valence-corrected chi connectivity index (χ3v) is 7.68. The Morgan fingerprint density at radius 3 is 2.18 bits per heavy atom. The number of aryl methyl sites for hydroxylation is 2. The number of hydrogen-bond acceptors (Lipinski definition) is 1. The average Bonchev–Trinajstić information content (AvgIpc) is 3.09. The fraction of sp³-hybridized carbons (Fsp3) is 0.323. The molecule has 0 radical (unpaired) electrons. The molecule has 0 bridgehead atoms. The molecule has 2 nitrogen and oxygen atoms in total. The normalized spacial score (nSPS) is 25.2. The summed E-state index contributed by atoms with van der Waals surface area (Å²) in [5, 5.41) is 0. The summed E-state index contributed by atoms with van der Waals surface area (Å²) in [5.41, 5.74) is 10.4. The molecule has 2 aliphatic rings. The van der Waals surface area contributed by atoms with Gasteiger partial charge in [-0.05, 0) is 64.3 Å². The standard InChI is InChI=1S/C31H37N2/c1-9-18-30(5)24-20-22(3)14-16-26(24)32(7)28(30)12-11-13-29-31(6,19-10-2)25-21-23(4)15-17-27(25)33(29)8/h9-17,20-21H,1-2,18-19H2,3-8H3/q+1. The van der Waals surface area contributed by atoms with Crippen molar-refractivity contribution in [1.29, 1.82) is 0 Å². The SMILES string of the molecule is C=CCC1(C)C(/C=C/C=C2/N(C)c3ccc(C)cc3C2(C)CC=C)=[N+](C)c2ccc(C)cc21. The minimum absolute atomic E-state index is 0.0844. The van der Waals surface area contributed by atoms with Gasteiger partial charge < -0.3 is 4.90 Å². The van der Waals surface area contributed by atoms with Gasteiger partial charge in [-0.1, -0.05) is 47.6 Å². The second-order valence-corrected chi connectivity index (χ2v) is 10.1. The van der Waals surface area contributed by atoms with E-state index in [2.05, 4.69) is 119 Å². The van der Waals surface area contributed by atoms with E-state index in [9.17, 15) is 0 Å². The molecule has 0 fully saturated rings.